The number of rotatable bonds is 2. The number of hydrogen-bond donors (Lipinski definition) is 1. The van der Waals surface area contributed by atoms with Crippen LogP contribution in [-0.2, 0) is 4.74 Å². The predicted molar refractivity (Wildman–Crippen MR) is 45.3 cm³/mol. The highest BCUT2D eigenvalue weighted by Crippen LogP contribution is 2.15. The fourth-order valence-electron chi connectivity index (χ4n) is 1.02. The lowest BCUT2D eigenvalue weighted by Gasteiger charge is -2.26. The summed E-state index contributed by atoms with van der Waals surface area (Å²) in [6.07, 6.45) is 1.33. The molecule has 2 atom stereocenters. The van der Waals surface area contributed by atoms with Crippen molar-refractivity contribution in [1.82, 2.24) is 0 Å². The first-order valence-corrected chi connectivity index (χ1v) is 4.95. The summed E-state index contributed by atoms with van der Waals surface area (Å²) in [7, 11) is 0. The smallest absolute Gasteiger partial charge is 0.0816 e. The Balaban J connectivity index is 2.24. The van der Waals surface area contributed by atoms with E-state index in [4.69, 9.17) is 10.5 Å². The van der Waals surface area contributed by atoms with Crippen molar-refractivity contribution in [1.29, 1.82) is 0 Å². The molecule has 2 N–H and O–H groups in total. The molecule has 3 heteroatoms. The lowest BCUT2D eigenvalue weighted by Crippen LogP contribution is -2.40. The number of hydrogen-bond acceptors (Lipinski definition) is 3. The van der Waals surface area contributed by atoms with Crippen LogP contribution < -0.4 is 5.73 Å². The quantitative estimate of drug-likeness (QED) is 0.652. The van der Waals surface area contributed by atoms with Crippen molar-refractivity contribution in [2.24, 2.45) is 5.73 Å². The molecular formula is C7H15NOS. The third-order valence-corrected chi connectivity index (χ3v) is 2.81. The van der Waals surface area contributed by atoms with Gasteiger partial charge in [-0.15, -0.1) is 0 Å². The molecule has 1 fully saturated rings. The van der Waals surface area contributed by atoms with Crippen molar-refractivity contribution in [2.45, 2.75) is 25.5 Å². The van der Waals surface area contributed by atoms with Crippen molar-refractivity contribution < 1.29 is 4.74 Å². The highest BCUT2D eigenvalue weighted by Gasteiger charge is 2.19. The van der Waals surface area contributed by atoms with Gasteiger partial charge >= 0.3 is 0 Å². The van der Waals surface area contributed by atoms with Gasteiger partial charge in [0.05, 0.1) is 12.7 Å². The molecule has 0 radical (unpaired) electrons. The van der Waals surface area contributed by atoms with E-state index in [9.17, 15) is 0 Å². The normalized spacial score (nSPS) is 30.0. The van der Waals surface area contributed by atoms with Crippen LogP contribution in [0.25, 0.3) is 0 Å². The lowest BCUT2D eigenvalue weighted by atomic mass is 10.1. The van der Waals surface area contributed by atoms with Gasteiger partial charge < -0.3 is 10.5 Å². The van der Waals surface area contributed by atoms with Gasteiger partial charge in [0.2, 0.25) is 0 Å². The summed E-state index contributed by atoms with van der Waals surface area (Å²) in [5.74, 6) is 2.21. The molecule has 0 aromatic heterocycles. The van der Waals surface area contributed by atoms with Crippen LogP contribution in [0.1, 0.15) is 13.3 Å². The van der Waals surface area contributed by atoms with Crippen LogP contribution >= 0.6 is 11.8 Å². The molecule has 2 nitrogen and oxygen atoms in total. The summed E-state index contributed by atoms with van der Waals surface area (Å²) in [6, 6.07) is 0.243. The topological polar surface area (TPSA) is 35.2 Å². The largest absolute Gasteiger partial charge is 0.375 e. The highest BCUT2D eigenvalue weighted by atomic mass is 32.2. The molecule has 0 aliphatic carbocycles. The summed E-state index contributed by atoms with van der Waals surface area (Å²) in [6.45, 7) is 2.98. The van der Waals surface area contributed by atoms with Gasteiger partial charge in [0.15, 0.2) is 0 Å². The second-order valence-electron chi connectivity index (χ2n) is 2.56. The maximum atomic E-state index is 5.81. The Labute approximate surface area is 66.5 Å². The van der Waals surface area contributed by atoms with Gasteiger partial charge in [-0.25, -0.2) is 0 Å². The lowest BCUT2D eigenvalue weighted by molar-refractivity contribution is 0.0563. The molecular weight excluding hydrogens is 146 g/mol. The maximum absolute atomic E-state index is 5.81. The Kier molecular flexibility index (Phi) is 3.52. The molecule has 1 rings (SSSR count). The third kappa shape index (κ3) is 2.15. The van der Waals surface area contributed by atoms with Gasteiger partial charge in [0, 0.05) is 17.5 Å². The van der Waals surface area contributed by atoms with Crippen molar-refractivity contribution >= 4 is 11.8 Å². The Morgan fingerprint density at radius 3 is 3.10 bits per heavy atom. The molecule has 0 aromatic rings. The van der Waals surface area contributed by atoms with E-state index in [2.05, 4.69) is 6.92 Å². The summed E-state index contributed by atoms with van der Waals surface area (Å²) >= 11 is 1.94. The van der Waals surface area contributed by atoms with E-state index in [-0.39, 0.29) is 6.04 Å². The van der Waals surface area contributed by atoms with Crippen molar-refractivity contribution in [3.05, 3.63) is 0 Å². The minimum absolute atomic E-state index is 0.243. The number of nitrogens with two attached hydrogens (primary N) is 1. The molecule has 1 aliphatic rings. The average molecular weight is 161 g/mol. The van der Waals surface area contributed by atoms with Gasteiger partial charge in [-0.2, -0.15) is 11.8 Å². The molecule has 1 saturated heterocycles. The molecule has 0 aromatic carbocycles. The Bertz CT molecular complexity index is 93.6. The molecule has 1 unspecified atom stereocenters. The Morgan fingerprint density at radius 2 is 2.60 bits per heavy atom. The van der Waals surface area contributed by atoms with Gasteiger partial charge in [0.1, 0.15) is 0 Å². The standard InChI is InChI=1S/C7H15NOS/c1-2-6(8)7-5-10-4-3-9-7/h6-7H,2-5,8H2,1H3/t6-,7?/m1/s1. The maximum Gasteiger partial charge on any atom is 0.0816 e. The van der Waals surface area contributed by atoms with Gasteiger partial charge in [-0.3, -0.25) is 0 Å². The van der Waals surface area contributed by atoms with Gasteiger partial charge in [-0.05, 0) is 6.42 Å². The average Bonchev–Trinajstić information content (AvgIpc) is 2.05. The zero-order chi connectivity index (χ0) is 7.40. The summed E-state index contributed by atoms with van der Waals surface area (Å²) in [4.78, 5) is 0. The van der Waals surface area contributed by atoms with Crippen molar-refractivity contribution in [3.63, 3.8) is 0 Å². The van der Waals surface area contributed by atoms with Gasteiger partial charge in [0.25, 0.3) is 0 Å². The molecule has 1 aliphatic heterocycles. The minimum Gasteiger partial charge on any atom is -0.375 e. The molecule has 0 bridgehead atoms. The van der Waals surface area contributed by atoms with Crippen LogP contribution in [0.4, 0.5) is 0 Å². The first kappa shape index (κ1) is 8.37. The van der Waals surface area contributed by atoms with Crippen LogP contribution in [0.5, 0.6) is 0 Å². The van der Waals surface area contributed by atoms with Crippen LogP contribution in [0.15, 0.2) is 0 Å². The third-order valence-electron chi connectivity index (χ3n) is 1.79. The van der Waals surface area contributed by atoms with Crippen LogP contribution in [-0.4, -0.2) is 30.3 Å². The second kappa shape index (κ2) is 4.21. The highest BCUT2D eigenvalue weighted by molar-refractivity contribution is 7.99. The van der Waals surface area contributed by atoms with E-state index in [1.54, 1.807) is 0 Å². The van der Waals surface area contributed by atoms with Crippen molar-refractivity contribution in [3.8, 4) is 0 Å². The van der Waals surface area contributed by atoms with E-state index in [0.717, 1.165) is 24.5 Å². The van der Waals surface area contributed by atoms with Crippen LogP contribution in [0.3, 0.4) is 0 Å². The van der Waals surface area contributed by atoms with E-state index < -0.39 is 0 Å². The summed E-state index contributed by atoms with van der Waals surface area (Å²) in [5, 5.41) is 0. The fourth-order valence-corrected chi connectivity index (χ4v) is 1.97. The Morgan fingerprint density at radius 1 is 1.80 bits per heavy atom. The zero-order valence-electron chi connectivity index (χ0n) is 6.38. The van der Waals surface area contributed by atoms with E-state index in [0.29, 0.717) is 6.10 Å². The van der Waals surface area contributed by atoms with E-state index in [1.165, 1.54) is 0 Å². The molecule has 0 spiro atoms. The van der Waals surface area contributed by atoms with Gasteiger partial charge in [-0.1, -0.05) is 6.92 Å². The van der Waals surface area contributed by atoms with E-state index >= 15 is 0 Å². The SMILES string of the molecule is CC[C@@H](N)C1CSCCO1. The molecule has 60 valence electrons. The summed E-state index contributed by atoms with van der Waals surface area (Å²) in [5.41, 5.74) is 5.81. The number of ether oxygens (including phenoxy) is 1. The Hall–Kier alpha value is 0.270. The molecule has 0 amide bonds. The summed E-state index contributed by atoms with van der Waals surface area (Å²) < 4.78 is 5.48. The molecule has 1 heterocycles. The first-order chi connectivity index (χ1) is 4.84. The first-order valence-electron chi connectivity index (χ1n) is 3.79. The number of thioether (sulfide) groups is 1. The zero-order valence-corrected chi connectivity index (χ0v) is 7.19. The predicted octanol–water partition coefficient (Wildman–Crippen LogP) is 0.856. The second-order valence-corrected chi connectivity index (χ2v) is 3.71. The monoisotopic (exact) mass is 161 g/mol. The van der Waals surface area contributed by atoms with E-state index in [1.807, 2.05) is 11.8 Å². The van der Waals surface area contributed by atoms with Crippen LogP contribution in [0.2, 0.25) is 0 Å². The molecule has 0 saturated carbocycles. The minimum atomic E-state index is 0.243. The fraction of sp³-hybridized carbons (Fsp3) is 1.00. The molecule has 10 heavy (non-hydrogen) atoms. The van der Waals surface area contributed by atoms with Crippen LogP contribution in [0, 0.1) is 0 Å². The van der Waals surface area contributed by atoms with Crippen molar-refractivity contribution in [2.75, 3.05) is 18.1 Å².